The molecule has 2 aliphatic rings. The summed E-state index contributed by atoms with van der Waals surface area (Å²) in [5, 5.41) is 20.0. The van der Waals surface area contributed by atoms with E-state index in [2.05, 4.69) is 9.69 Å². The van der Waals surface area contributed by atoms with Crippen LogP contribution in [-0.2, 0) is 0 Å². The fraction of sp³-hybridized carbons (Fsp3) is 0. The van der Waals surface area contributed by atoms with Crippen molar-refractivity contribution in [1.82, 2.24) is 0 Å². The van der Waals surface area contributed by atoms with Crippen molar-refractivity contribution >= 4 is 22.3 Å². The first-order chi connectivity index (χ1) is 20.3. The highest BCUT2D eigenvalue weighted by atomic mass is 19.1. The summed E-state index contributed by atoms with van der Waals surface area (Å²) in [5.41, 5.74) is 2.82. The summed E-state index contributed by atoms with van der Waals surface area (Å²) in [6.07, 6.45) is 0. The van der Waals surface area contributed by atoms with Crippen molar-refractivity contribution in [2.75, 3.05) is 0 Å². The quantitative estimate of drug-likeness (QED) is 0.142. The SMILES string of the molecule is [C-]#[N+]/C(C#N)=C1C2=C(/C(=C(\C#N)[N+]#[C-])c3cccc(-c4cc(F)cc(F)c4)c32)c2c\1cccc2-c1cc(F)cc(F)c1. The van der Waals surface area contributed by atoms with E-state index in [4.69, 9.17) is 13.1 Å². The van der Waals surface area contributed by atoms with Gasteiger partial charge >= 0.3 is 0 Å². The monoisotopic (exact) mass is 552 g/mol. The second-order valence-corrected chi connectivity index (χ2v) is 9.42. The Morgan fingerprint density at radius 3 is 1.19 bits per heavy atom. The van der Waals surface area contributed by atoms with Gasteiger partial charge in [0.05, 0.1) is 25.3 Å². The maximum Gasteiger partial charge on any atom is 0.270 e. The van der Waals surface area contributed by atoms with E-state index in [-0.39, 0.29) is 33.7 Å². The molecule has 4 aromatic carbocycles. The lowest BCUT2D eigenvalue weighted by Gasteiger charge is -2.18. The second kappa shape index (κ2) is 9.76. The molecule has 0 unspecified atom stereocenters. The highest BCUT2D eigenvalue weighted by Crippen LogP contribution is 2.62. The molecular weight excluding hydrogens is 540 g/mol. The summed E-state index contributed by atoms with van der Waals surface area (Å²) in [7, 11) is 0. The largest absolute Gasteiger partial charge is 0.270 e. The maximum absolute atomic E-state index is 14.4. The standard InChI is InChI=1S/C34H12F4N4/c1-41-27(15-39)31-25-7-3-5-23(17-9-19(35)13-20(36)10-17)29(25)34-32(28(16-40)42-2)26-8-4-6-24(30(26)33(31)34)18-11-21(37)14-22(38)12-18/h3-14H/b31-27-,32-28+. The molecule has 0 atom stereocenters. The summed E-state index contributed by atoms with van der Waals surface area (Å²) in [6, 6.07) is 19.5. The van der Waals surface area contributed by atoms with Crippen LogP contribution in [0.1, 0.15) is 22.3 Å². The van der Waals surface area contributed by atoms with Crippen LogP contribution in [0.2, 0.25) is 0 Å². The molecule has 0 amide bonds. The fourth-order valence-electron chi connectivity index (χ4n) is 5.74. The van der Waals surface area contributed by atoms with Crippen LogP contribution < -0.4 is 0 Å². The lowest BCUT2D eigenvalue weighted by molar-refractivity contribution is 0.583. The minimum Gasteiger partial charge on any atom is -0.226 e. The first-order valence-electron chi connectivity index (χ1n) is 12.3. The van der Waals surface area contributed by atoms with Gasteiger partial charge in [0.1, 0.15) is 23.3 Å². The van der Waals surface area contributed by atoms with Gasteiger partial charge in [-0.1, -0.05) is 36.4 Å². The van der Waals surface area contributed by atoms with Gasteiger partial charge in [-0.3, -0.25) is 0 Å². The molecule has 0 saturated heterocycles. The van der Waals surface area contributed by atoms with Crippen molar-refractivity contribution < 1.29 is 17.6 Å². The Labute approximate surface area is 237 Å². The molecule has 8 heteroatoms. The smallest absolute Gasteiger partial charge is 0.226 e. The van der Waals surface area contributed by atoms with Crippen molar-refractivity contribution in [1.29, 1.82) is 10.5 Å². The number of rotatable bonds is 2. The van der Waals surface area contributed by atoms with E-state index in [0.717, 1.165) is 36.4 Å². The average molecular weight is 552 g/mol. The summed E-state index contributed by atoms with van der Waals surface area (Å²) >= 11 is 0. The zero-order valence-corrected chi connectivity index (χ0v) is 21.2. The highest BCUT2D eigenvalue weighted by molar-refractivity contribution is 6.39. The second-order valence-electron chi connectivity index (χ2n) is 9.42. The molecule has 4 nitrogen and oxygen atoms in total. The van der Waals surface area contributed by atoms with E-state index in [0.29, 0.717) is 44.5 Å². The molecule has 0 bridgehead atoms. The first-order valence-corrected chi connectivity index (χ1v) is 12.3. The van der Waals surface area contributed by atoms with Crippen LogP contribution in [0, 0.1) is 59.1 Å². The average Bonchev–Trinajstić information content (AvgIpc) is 3.47. The van der Waals surface area contributed by atoms with E-state index in [1.54, 1.807) is 36.4 Å². The van der Waals surface area contributed by atoms with Gasteiger partial charge < -0.3 is 0 Å². The Balaban J connectivity index is 1.84. The zero-order valence-electron chi connectivity index (χ0n) is 21.2. The van der Waals surface area contributed by atoms with Crippen LogP contribution in [-0.4, -0.2) is 0 Å². The Hall–Kier alpha value is -6.22. The number of nitrogens with zero attached hydrogens (tertiary/aromatic N) is 4. The summed E-state index contributed by atoms with van der Waals surface area (Å²) in [5.74, 6) is -3.32. The van der Waals surface area contributed by atoms with E-state index in [9.17, 15) is 28.1 Å². The minimum atomic E-state index is -0.829. The van der Waals surface area contributed by atoms with Gasteiger partial charge in [0, 0.05) is 23.3 Å². The lowest BCUT2D eigenvalue weighted by Crippen LogP contribution is -1.99. The molecule has 2 aliphatic carbocycles. The van der Waals surface area contributed by atoms with Crippen LogP contribution in [0.5, 0.6) is 0 Å². The van der Waals surface area contributed by atoms with E-state index >= 15 is 0 Å². The van der Waals surface area contributed by atoms with E-state index in [1.165, 1.54) is 0 Å². The Kier molecular flexibility index (Phi) is 6.05. The number of fused-ring (bicyclic) bond motifs is 4. The van der Waals surface area contributed by atoms with E-state index < -0.39 is 23.3 Å². The molecule has 0 radical (unpaired) electrons. The van der Waals surface area contributed by atoms with Gasteiger partial charge in [0.25, 0.3) is 11.4 Å². The molecule has 4 aromatic rings. The minimum absolute atomic E-state index is 0.155. The number of nitriles is 2. The Bertz CT molecular complexity index is 1950. The van der Waals surface area contributed by atoms with Crippen molar-refractivity contribution in [3.8, 4) is 34.4 Å². The number of hydrogen-bond donors (Lipinski definition) is 0. The van der Waals surface area contributed by atoms with Gasteiger partial charge in [-0.25, -0.2) is 37.8 Å². The number of benzene rings is 4. The van der Waals surface area contributed by atoms with Crippen LogP contribution in [0.25, 0.3) is 54.2 Å². The van der Waals surface area contributed by atoms with Gasteiger partial charge in [-0.2, -0.15) is 0 Å². The fourth-order valence-corrected chi connectivity index (χ4v) is 5.74. The van der Waals surface area contributed by atoms with Crippen LogP contribution in [0.3, 0.4) is 0 Å². The molecule has 0 aromatic heterocycles. The molecule has 0 fully saturated rings. The number of halogens is 4. The predicted octanol–water partition coefficient (Wildman–Crippen LogP) is 8.82. The first kappa shape index (κ1) is 26.0. The summed E-state index contributed by atoms with van der Waals surface area (Å²) in [6.45, 7) is 15.5. The van der Waals surface area contributed by atoms with Gasteiger partial charge in [-0.05, 0) is 79.9 Å². The van der Waals surface area contributed by atoms with Crippen molar-refractivity contribution in [2.45, 2.75) is 0 Å². The lowest BCUT2D eigenvalue weighted by atomic mass is 9.85. The molecule has 0 aliphatic heterocycles. The summed E-state index contributed by atoms with van der Waals surface area (Å²) < 4.78 is 57.5. The third kappa shape index (κ3) is 3.80. The molecule has 6 rings (SSSR count). The number of hydrogen-bond acceptors (Lipinski definition) is 2. The third-order valence-corrected chi connectivity index (χ3v) is 7.17. The molecule has 42 heavy (non-hydrogen) atoms. The number of allylic oxidation sites excluding steroid dienone is 6. The van der Waals surface area contributed by atoms with Crippen molar-refractivity contribution in [2.24, 2.45) is 0 Å². The Morgan fingerprint density at radius 2 is 0.881 bits per heavy atom. The maximum atomic E-state index is 14.4. The van der Waals surface area contributed by atoms with Crippen LogP contribution in [0.4, 0.5) is 17.6 Å². The van der Waals surface area contributed by atoms with Crippen molar-refractivity contribution in [3.05, 3.63) is 153 Å². The van der Waals surface area contributed by atoms with Crippen LogP contribution >= 0.6 is 0 Å². The molecular formula is C34H12F4N4. The zero-order chi connectivity index (χ0) is 29.7. The normalized spacial score (nSPS) is 15.0. The van der Waals surface area contributed by atoms with Gasteiger partial charge in [-0.15, -0.1) is 0 Å². The molecule has 0 N–H and O–H groups in total. The van der Waals surface area contributed by atoms with Crippen molar-refractivity contribution in [3.63, 3.8) is 0 Å². The third-order valence-electron chi connectivity index (χ3n) is 7.17. The molecule has 0 spiro atoms. The Morgan fingerprint density at radius 1 is 0.548 bits per heavy atom. The predicted molar refractivity (Wildman–Crippen MR) is 149 cm³/mol. The van der Waals surface area contributed by atoms with Gasteiger partial charge in [0.15, 0.2) is 0 Å². The summed E-state index contributed by atoms with van der Waals surface area (Å²) in [4.78, 5) is 6.89. The van der Waals surface area contributed by atoms with Crippen LogP contribution in [0.15, 0.2) is 84.2 Å². The molecule has 0 saturated carbocycles. The topological polar surface area (TPSA) is 56.3 Å². The highest BCUT2D eigenvalue weighted by Gasteiger charge is 2.42. The van der Waals surface area contributed by atoms with E-state index in [1.807, 2.05) is 12.1 Å². The molecule has 196 valence electrons. The molecule has 0 heterocycles. The van der Waals surface area contributed by atoms with Gasteiger partial charge in [0.2, 0.25) is 0 Å².